The molecule has 1 fully saturated rings. The number of Topliss-reactive ketones (excluding diaryl/α,β-unsaturated/α-hetero) is 1. The molecule has 0 unspecified atom stereocenters. The summed E-state index contributed by atoms with van der Waals surface area (Å²) < 4.78 is 5.13. The van der Waals surface area contributed by atoms with Crippen molar-refractivity contribution < 1.29 is 19.1 Å². The Hall–Kier alpha value is -3.56. The number of esters is 1. The van der Waals surface area contributed by atoms with Gasteiger partial charge >= 0.3 is 29.0 Å². The molecular weight excluding hydrogens is 553 g/mol. The van der Waals surface area contributed by atoms with Crippen LogP contribution in [0, 0.1) is 31.6 Å². The van der Waals surface area contributed by atoms with Gasteiger partial charge in [0.05, 0.1) is 7.11 Å². The minimum absolute atomic E-state index is 0. The second-order valence-electron chi connectivity index (χ2n) is 11.3. The van der Waals surface area contributed by atoms with Crippen LogP contribution in [0.1, 0.15) is 99.9 Å². The van der Waals surface area contributed by atoms with Crippen molar-refractivity contribution >= 4 is 64.9 Å². The van der Waals surface area contributed by atoms with E-state index in [0.717, 1.165) is 52.9 Å². The number of hydrogen-bond acceptors (Lipinski definition) is 4. The van der Waals surface area contributed by atoms with Crippen LogP contribution in [0.2, 0.25) is 0 Å². The van der Waals surface area contributed by atoms with Gasteiger partial charge in [0, 0.05) is 11.1 Å². The SMILES string of the molecule is CCc1c2[n-]c(c1C)/C=C1\[N-]/C(=C3\c4[n-]c(c(C)c4C(=O)[C@@H]3C(=O)OC)/C=c3\[n-]/c(c(C=O)c3CC)=C\2)[C@@H](CC)[C@H]1C.[Mg+2]. The summed E-state index contributed by atoms with van der Waals surface area (Å²) in [6.07, 6.45) is 8.78. The zero-order chi connectivity index (χ0) is 30.0. The van der Waals surface area contributed by atoms with Crippen molar-refractivity contribution in [3.63, 3.8) is 0 Å². The molecule has 3 aromatic rings. The number of carbonyl (C=O) groups excluding carboxylic acids is 3. The summed E-state index contributed by atoms with van der Waals surface area (Å²) in [4.78, 5) is 54.2. The van der Waals surface area contributed by atoms with Crippen LogP contribution in [0.5, 0.6) is 0 Å². The van der Waals surface area contributed by atoms with Crippen LogP contribution in [0.25, 0.3) is 29.1 Å². The molecule has 3 aliphatic rings. The molecule has 1 saturated heterocycles. The largest absolute Gasteiger partial charge is 2.00 e. The van der Waals surface area contributed by atoms with Crippen molar-refractivity contribution in [1.82, 2.24) is 15.0 Å². The zero-order valence-electron chi connectivity index (χ0n) is 25.8. The molecule has 3 atom stereocenters. The predicted molar refractivity (Wildman–Crippen MR) is 166 cm³/mol. The van der Waals surface area contributed by atoms with E-state index in [-0.39, 0.29) is 40.7 Å². The monoisotopic (exact) mass is 586 g/mol. The molecule has 6 rings (SSSR count). The average molecular weight is 587 g/mol. The second-order valence-corrected chi connectivity index (χ2v) is 11.3. The molecule has 218 valence electrons. The Bertz CT molecular complexity index is 1870. The topological polar surface area (TPSA) is 117 Å². The van der Waals surface area contributed by atoms with E-state index < -0.39 is 11.9 Å². The van der Waals surface area contributed by atoms with Gasteiger partial charge in [-0.15, -0.1) is 33.5 Å². The van der Waals surface area contributed by atoms with Gasteiger partial charge in [-0.05, 0) is 38.5 Å². The van der Waals surface area contributed by atoms with Gasteiger partial charge in [0.2, 0.25) is 0 Å². The standard InChI is InChI=1S/C34H35N4O4.Mg/c1-8-18-15(4)22-11-23-16(5)19(9-2)31(37-23)29-30(34(41)42-7)33(40)28-17(6)24(38-32(28)29)12-26-20(10-3)21(14-39)27(36-26)13-25(18)35-22;/h11-14,16,19,30H,8-10H2,1-7H3,(H-,37,38,39,40);/q-3;+2/p-1/b23-11-,27-13-;/t16-,19+,30-;/m1./s1. The number of aldehydes is 1. The van der Waals surface area contributed by atoms with E-state index in [9.17, 15) is 14.4 Å². The minimum Gasteiger partial charge on any atom is -0.664 e. The summed E-state index contributed by atoms with van der Waals surface area (Å²) in [7, 11) is 1.30. The van der Waals surface area contributed by atoms with Crippen LogP contribution < -0.4 is 25.7 Å². The molecule has 43 heavy (non-hydrogen) atoms. The van der Waals surface area contributed by atoms with Crippen molar-refractivity contribution in [2.45, 2.75) is 60.8 Å². The molecule has 0 radical (unpaired) electrons. The first-order valence-electron chi connectivity index (χ1n) is 14.7. The third-order valence-electron chi connectivity index (χ3n) is 9.30. The van der Waals surface area contributed by atoms with Crippen molar-refractivity contribution in [3.05, 3.63) is 83.6 Å². The molecule has 0 aromatic carbocycles. The Morgan fingerprint density at radius 1 is 0.930 bits per heavy atom. The smallest absolute Gasteiger partial charge is 0.664 e. The first-order chi connectivity index (χ1) is 20.2. The summed E-state index contributed by atoms with van der Waals surface area (Å²) in [5.74, 6) is -2.01. The molecule has 2 aliphatic heterocycles. The fourth-order valence-electron chi connectivity index (χ4n) is 6.98. The molecule has 9 heteroatoms. The number of ether oxygens (including phenoxy) is 1. The van der Waals surface area contributed by atoms with E-state index in [1.807, 2.05) is 32.1 Å². The van der Waals surface area contributed by atoms with Crippen LogP contribution in [0.4, 0.5) is 0 Å². The Labute approximate surface area is 267 Å². The Balaban J connectivity index is 0.00000368. The summed E-state index contributed by atoms with van der Waals surface area (Å²) >= 11 is 0. The van der Waals surface area contributed by atoms with E-state index in [1.54, 1.807) is 0 Å². The van der Waals surface area contributed by atoms with Crippen LogP contribution >= 0.6 is 0 Å². The number of ketones is 1. The quantitative estimate of drug-likeness (QED) is 0.194. The zero-order valence-corrected chi connectivity index (χ0v) is 27.2. The maximum Gasteiger partial charge on any atom is 2.00 e. The van der Waals surface area contributed by atoms with Gasteiger partial charge in [0.15, 0.2) is 5.78 Å². The summed E-state index contributed by atoms with van der Waals surface area (Å²) in [5.41, 5.74) is 9.39. The van der Waals surface area contributed by atoms with Gasteiger partial charge in [0.1, 0.15) is 12.2 Å². The molecule has 3 aromatic heterocycles. The Morgan fingerprint density at radius 3 is 2.23 bits per heavy atom. The Kier molecular flexibility index (Phi) is 8.26. The van der Waals surface area contributed by atoms with Crippen molar-refractivity contribution in [2.75, 3.05) is 7.11 Å². The number of rotatable bonds is 5. The van der Waals surface area contributed by atoms with E-state index in [0.29, 0.717) is 56.5 Å². The van der Waals surface area contributed by atoms with Gasteiger partial charge in [0.25, 0.3) is 0 Å². The third-order valence-corrected chi connectivity index (χ3v) is 9.30. The first kappa shape index (κ1) is 30.9. The molecule has 0 saturated carbocycles. The summed E-state index contributed by atoms with van der Waals surface area (Å²) in [6, 6.07) is 0. The predicted octanol–water partition coefficient (Wildman–Crippen LogP) is 3.49. The van der Waals surface area contributed by atoms with Crippen molar-refractivity contribution in [1.29, 1.82) is 0 Å². The average Bonchev–Trinajstić information content (AvgIpc) is 3.72. The number of allylic oxidation sites excluding steroid dienone is 2. The van der Waals surface area contributed by atoms with Crippen LogP contribution in [0.15, 0.2) is 11.4 Å². The molecule has 8 bridgehead atoms. The van der Waals surface area contributed by atoms with Gasteiger partial charge < -0.3 is 25.0 Å². The number of aromatic nitrogens is 3. The number of methoxy groups -OCH3 is 1. The number of nitrogens with zero attached hydrogens (tertiary/aromatic N) is 4. The number of fused-ring (bicyclic) bond motifs is 7. The normalized spacial score (nSPS) is 24.7. The summed E-state index contributed by atoms with van der Waals surface area (Å²) in [6.45, 7) is 12.2. The molecule has 0 N–H and O–H groups in total. The molecular formula is C34H34MgN4O4-2. The fraction of sp³-hybridized carbons (Fsp3) is 0.382. The van der Waals surface area contributed by atoms with Crippen LogP contribution in [-0.4, -0.2) is 48.2 Å². The first-order valence-corrected chi connectivity index (χ1v) is 14.7. The van der Waals surface area contributed by atoms with Gasteiger partial charge in [-0.25, -0.2) is 0 Å². The van der Waals surface area contributed by atoms with E-state index in [4.69, 9.17) is 25.0 Å². The summed E-state index contributed by atoms with van der Waals surface area (Å²) in [5, 5.41) is 6.32. The van der Waals surface area contributed by atoms with E-state index >= 15 is 0 Å². The van der Waals surface area contributed by atoms with Crippen molar-refractivity contribution in [2.24, 2.45) is 17.8 Å². The minimum atomic E-state index is -1.11. The number of carbonyl (C=O) groups is 3. The van der Waals surface area contributed by atoms with Gasteiger partial charge in [-0.3, -0.25) is 14.4 Å². The van der Waals surface area contributed by atoms with Crippen molar-refractivity contribution in [3.8, 4) is 0 Å². The van der Waals surface area contributed by atoms with Crippen LogP contribution in [-0.2, 0) is 22.4 Å². The van der Waals surface area contributed by atoms with Crippen LogP contribution in [0.3, 0.4) is 0 Å². The maximum absolute atomic E-state index is 13.9. The van der Waals surface area contributed by atoms with Gasteiger partial charge in [-0.2, -0.15) is 11.4 Å². The van der Waals surface area contributed by atoms with E-state index in [2.05, 4.69) is 27.7 Å². The molecule has 5 heterocycles. The van der Waals surface area contributed by atoms with E-state index in [1.165, 1.54) is 7.11 Å². The second kappa shape index (κ2) is 11.5. The fourth-order valence-corrected chi connectivity index (χ4v) is 6.98. The maximum atomic E-state index is 13.9. The van der Waals surface area contributed by atoms with Gasteiger partial charge in [-0.1, -0.05) is 80.2 Å². The molecule has 8 nitrogen and oxygen atoms in total. The molecule has 0 spiro atoms. The Morgan fingerprint density at radius 2 is 1.60 bits per heavy atom. The number of hydrogen-bond donors (Lipinski definition) is 0. The molecule has 0 amide bonds. The third kappa shape index (κ3) is 4.50. The molecule has 1 aliphatic carbocycles.